The van der Waals surface area contributed by atoms with Gasteiger partial charge in [-0.15, -0.1) is 0 Å². The number of carboxylic acids is 2. The Morgan fingerprint density at radius 3 is 1.57 bits per heavy atom. The molecule has 4 nitrogen and oxygen atoms in total. The molecule has 0 aliphatic heterocycles. The van der Waals surface area contributed by atoms with Crippen molar-refractivity contribution >= 4 is 49.7 Å². The third kappa shape index (κ3) is 10.5. The number of aliphatic carboxylic acids is 2. The fourth-order valence-corrected chi connectivity index (χ4v) is 2.71. The molecule has 122 valence electrons. The fraction of sp³-hybridized carbons (Fsp3) is 0.875. The molecule has 0 atom stereocenters. The van der Waals surface area contributed by atoms with E-state index in [9.17, 15) is 9.59 Å². The van der Waals surface area contributed by atoms with Crippen molar-refractivity contribution in [2.75, 3.05) is 0 Å². The van der Waals surface area contributed by atoms with Crippen LogP contribution in [0.2, 0.25) is 0 Å². The maximum atomic E-state index is 11.1. The van der Waals surface area contributed by atoms with E-state index in [4.69, 9.17) is 10.2 Å². The Balaban J connectivity index is 0. The van der Waals surface area contributed by atoms with Crippen molar-refractivity contribution < 1.29 is 19.8 Å². The van der Waals surface area contributed by atoms with Crippen molar-refractivity contribution in [3.63, 3.8) is 0 Å². The van der Waals surface area contributed by atoms with Gasteiger partial charge in [-0.3, -0.25) is 9.59 Å². The number of carboxylic acid groups (broad SMARTS) is 2. The van der Waals surface area contributed by atoms with Crippen LogP contribution >= 0.6 is 0 Å². The van der Waals surface area contributed by atoms with Gasteiger partial charge in [0.05, 0.1) is 0 Å². The van der Waals surface area contributed by atoms with E-state index < -0.39 is 17.9 Å². The molecule has 5 heteroatoms. The summed E-state index contributed by atoms with van der Waals surface area (Å²) in [6, 6.07) is 0. The number of rotatable bonds is 12. The molecule has 0 unspecified atom stereocenters. The molecule has 0 aromatic rings. The van der Waals surface area contributed by atoms with Crippen LogP contribution in [0.1, 0.15) is 78.6 Å². The zero-order valence-corrected chi connectivity index (χ0v) is 13.2. The SMILES string of the molecule is CCCCCC(C)(CCCCC)CC(C(=O)O)C(=O)O.[CaH2]. The van der Waals surface area contributed by atoms with Crippen LogP contribution in [0.4, 0.5) is 0 Å². The second-order valence-electron chi connectivity index (χ2n) is 6.16. The van der Waals surface area contributed by atoms with E-state index >= 15 is 0 Å². The van der Waals surface area contributed by atoms with E-state index in [-0.39, 0.29) is 49.6 Å². The molecule has 0 heterocycles. The Bertz CT molecular complexity index is 281. The van der Waals surface area contributed by atoms with Crippen LogP contribution in [0.3, 0.4) is 0 Å². The third-order valence-electron chi connectivity index (χ3n) is 4.06. The van der Waals surface area contributed by atoms with Gasteiger partial charge >= 0.3 is 49.7 Å². The van der Waals surface area contributed by atoms with Gasteiger partial charge in [0, 0.05) is 0 Å². The van der Waals surface area contributed by atoms with E-state index in [0.29, 0.717) is 0 Å². The molecular formula is C16H32CaO4. The van der Waals surface area contributed by atoms with Gasteiger partial charge in [0.25, 0.3) is 0 Å². The van der Waals surface area contributed by atoms with Crippen LogP contribution in [0.25, 0.3) is 0 Å². The topological polar surface area (TPSA) is 74.6 Å². The molecule has 0 aromatic heterocycles. The van der Waals surface area contributed by atoms with Crippen LogP contribution in [-0.2, 0) is 9.59 Å². The molecule has 0 saturated carbocycles. The van der Waals surface area contributed by atoms with Crippen LogP contribution in [-0.4, -0.2) is 59.9 Å². The summed E-state index contributed by atoms with van der Waals surface area (Å²) < 4.78 is 0. The third-order valence-corrected chi connectivity index (χ3v) is 4.06. The minimum atomic E-state index is -1.27. The summed E-state index contributed by atoms with van der Waals surface area (Å²) in [6.45, 7) is 6.31. The fourth-order valence-electron chi connectivity index (χ4n) is 2.71. The summed E-state index contributed by atoms with van der Waals surface area (Å²) in [5, 5.41) is 18.1. The molecule has 0 amide bonds. The van der Waals surface area contributed by atoms with Crippen molar-refractivity contribution in [1.29, 1.82) is 0 Å². The van der Waals surface area contributed by atoms with Crippen molar-refractivity contribution in [3.8, 4) is 0 Å². The first-order valence-corrected chi connectivity index (χ1v) is 7.82. The first-order chi connectivity index (χ1) is 9.36. The van der Waals surface area contributed by atoms with Gasteiger partial charge in [-0.25, -0.2) is 0 Å². The molecule has 0 bridgehead atoms. The standard InChI is InChI=1S/C16H30O4.Ca.2H/c1-4-6-8-10-16(3,11-9-7-5-2)12-13(14(17)18)15(19)20;;;/h13H,4-12H2,1-3H3,(H,17,18)(H,19,20);;;. The predicted molar refractivity (Wildman–Crippen MR) is 88.3 cm³/mol. The number of hydrogen-bond acceptors (Lipinski definition) is 2. The molecule has 0 radical (unpaired) electrons. The first kappa shape index (κ1) is 23.5. The van der Waals surface area contributed by atoms with Crippen LogP contribution < -0.4 is 0 Å². The molecule has 0 spiro atoms. The maximum absolute atomic E-state index is 11.1. The van der Waals surface area contributed by atoms with Crippen molar-refractivity contribution in [1.82, 2.24) is 0 Å². The number of carbonyl (C=O) groups is 2. The Hall–Kier alpha value is 0.200. The quantitative estimate of drug-likeness (QED) is 0.327. The normalized spacial score (nSPS) is 11.2. The van der Waals surface area contributed by atoms with Crippen LogP contribution in [0.5, 0.6) is 0 Å². The van der Waals surface area contributed by atoms with E-state index in [0.717, 1.165) is 51.4 Å². The molecule has 0 saturated heterocycles. The summed E-state index contributed by atoms with van der Waals surface area (Å²) >= 11 is 0. The summed E-state index contributed by atoms with van der Waals surface area (Å²) in [7, 11) is 0. The molecule has 0 fully saturated rings. The summed E-state index contributed by atoms with van der Waals surface area (Å²) in [5.74, 6) is -3.70. The Morgan fingerprint density at radius 1 is 0.905 bits per heavy atom. The predicted octanol–water partition coefficient (Wildman–Crippen LogP) is 3.41. The second-order valence-corrected chi connectivity index (χ2v) is 6.16. The Labute approximate surface area is 158 Å². The molecule has 0 aromatic carbocycles. The molecule has 21 heavy (non-hydrogen) atoms. The summed E-state index contributed by atoms with van der Waals surface area (Å²) in [5.41, 5.74) is -0.175. The van der Waals surface area contributed by atoms with Gasteiger partial charge in [-0.05, 0) is 24.7 Å². The number of hydrogen-bond donors (Lipinski definition) is 2. The molecular weight excluding hydrogens is 296 g/mol. The van der Waals surface area contributed by atoms with Crippen LogP contribution in [0.15, 0.2) is 0 Å². The van der Waals surface area contributed by atoms with Crippen molar-refractivity contribution in [3.05, 3.63) is 0 Å². The summed E-state index contributed by atoms with van der Waals surface area (Å²) in [4.78, 5) is 22.2. The van der Waals surface area contributed by atoms with Gasteiger partial charge in [0.15, 0.2) is 5.92 Å². The van der Waals surface area contributed by atoms with Crippen LogP contribution in [0, 0.1) is 11.3 Å². The van der Waals surface area contributed by atoms with Gasteiger partial charge in [-0.2, -0.15) is 0 Å². The monoisotopic (exact) mass is 328 g/mol. The zero-order valence-electron chi connectivity index (χ0n) is 13.2. The van der Waals surface area contributed by atoms with E-state index in [1.807, 2.05) is 0 Å². The number of unbranched alkanes of at least 4 members (excludes halogenated alkanes) is 4. The first-order valence-electron chi connectivity index (χ1n) is 7.82. The Morgan fingerprint density at radius 2 is 1.29 bits per heavy atom. The molecule has 0 rings (SSSR count). The minimum absolute atomic E-state index is 0. The van der Waals surface area contributed by atoms with Gasteiger partial charge in [-0.1, -0.05) is 59.3 Å². The molecule has 2 N–H and O–H groups in total. The average molecular weight is 329 g/mol. The van der Waals surface area contributed by atoms with Gasteiger partial charge in [0.1, 0.15) is 0 Å². The van der Waals surface area contributed by atoms with Gasteiger partial charge < -0.3 is 10.2 Å². The van der Waals surface area contributed by atoms with E-state index in [1.165, 1.54) is 0 Å². The average Bonchev–Trinajstić information content (AvgIpc) is 2.36. The van der Waals surface area contributed by atoms with Crippen molar-refractivity contribution in [2.45, 2.75) is 78.6 Å². The van der Waals surface area contributed by atoms with E-state index in [2.05, 4.69) is 20.8 Å². The second kappa shape index (κ2) is 12.7. The summed E-state index contributed by atoms with van der Waals surface area (Å²) in [6.07, 6.45) is 8.64. The zero-order chi connectivity index (χ0) is 15.6. The molecule has 0 aliphatic carbocycles. The Kier molecular flexibility index (Phi) is 14.2. The van der Waals surface area contributed by atoms with Gasteiger partial charge in [0.2, 0.25) is 0 Å². The molecule has 0 aliphatic rings. The van der Waals surface area contributed by atoms with Crippen molar-refractivity contribution in [2.24, 2.45) is 11.3 Å². The van der Waals surface area contributed by atoms with E-state index in [1.54, 1.807) is 0 Å².